The number of rotatable bonds is 3. The third-order valence-electron chi connectivity index (χ3n) is 7.70. The highest BCUT2D eigenvalue weighted by molar-refractivity contribution is 6.25. The molecule has 5 aromatic carbocycles. The Balaban J connectivity index is 1.39. The number of pyridine rings is 1. The highest BCUT2D eigenvalue weighted by Gasteiger charge is 2.19. The summed E-state index contributed by atoms with van der Waals surface area (Å²) in [6.45, 7) is 0. The second-order valence-corrected chi connectivity index (χ2v) is 9.71. The lowest BCUT2D eigenvalue weighted by atomic mass is 9.92. The van der Waals surface area contributed by atoms with Crippen molar-refractivity contribution in [2.24, 2.45) is 14.1 Å². The number of ether oxygens (including phenoxy) is 1. The summed E-state index contributed by atoms with van der Waals surface area (Å²) in [5.41, 5.74) is 5.56. The molecule has 2 heterocycles. The van der Waals surface area contributed by atoms with E-state index in [2.05, 4.69) is 96.0 Å². The molecule has 0 aliphatic rings. The summed E-state index contributed by atoms with van der Waals surface area (Å²) in [7, 11) is 5.10. The molecule has 184 valence electrons. The molecule has 0 fully saturated rings. The van der Waals surface area contributed by atoms with Gasteiger partial charge in [0.25, 0.3) is 0 Å². The predicted octanol–water partition coefficient (Wildman–Crippen LogP) is 7.07. The zero-order valence-electron chi connectivity index (χ0n) is 21.4. The van der Waals surface area contributed by atoms with E-state index in [0.717, 1.165) is 27.8 Å². The monoisotopic (exact) mass is 495 g/mol. The van der Waals surface area contributed by atoms with Gasteiger partial charge < -0.3 is 4.74 Å². The lowest BCUT2D eigenvalue weighted by Crippen LogP contribution is -2.19. The van der Waals surface area contributed by atoms with Crippen molar-refractivity contribution in [1.82, 2.24) is 14.1 Å². The predicted molar refractivity (Wildman–Crippen MR) is 156 cm³/mol. The topological polar surface area (TPSA) is 49.1 Å². The zero-order valence-corrected chi connectivity index (χ0v) is 21.4. The smallest absolute Gasteiger partial charge is 0.328 e. The van der Waals surface area contributed by atoms with Gasteiger partial charge in [-0.1, -0.05) is 84.9 Å². The van der Waals surface area contributed by atoms with Gasteiger partial charge in [-0.2, -0.15) is 0 Å². The first kappa shape index (κ1) is 22.3. The van der Waals surface area contributed by atoms with E-state index >= 15 is 0 Å². The van der Waals surface area contributed by atoms with Gasteiger partial charge in [0, 0.05) is 25.9 Å². The fourth-order valence-electron chi connectivity index (χ4n) is 5.82. The van der Waals surface area contributed by atoms with Gasteiger partial charge in [0.05, 0.1) is 12.6 Å². The van der Waals surface area contributed by atoms with E-state index in [1.54, 1.807) is 36.5 Å². The molecular formula is C33H25N3O2. The molecule has 2 aromatic heterocycles. The average molecular weight is 496 g/mol. The van der Waals surface area contributed by atoms with Crippen molar-refractivity contribution < 1.29 is 4.74 Å². The molecule has 0 N–H and O–H groups in total. The van der Waals surface area contributed by atoms with Crippen LogP contribution in [0.3, 0.4) is 0 Å². The Bertz CT molecular complexity index is 2070. The maximum atomic E-state index is 12.7. The van der Waals surface area contributed by atoms with E-state index in [1.807, 2.05) is 0 Å². The van der Waals surface area contributed by atoms with Crippen LogP contribution in [0.1, 0.15) is 0 Å². The first-order chi connectivity index (χ1) is 18.6. The average Bonchev–Trinajstić information content (AvgIpc) is 3.21. The summed E-state index contributed by atoms with van der Waals surface area (Å²) in [6.07, 6.45) is 1.78. The molecule has 0 aliphatic heterocycles. The van der Waals surface area contributed by atoms with Gasteiger partial charge in [0.2, 0.25) is 5.88 Å². The second kappa shape index (κ2) is 8.32. The maximum absolute atomic E-state index is 12.7. The standard InChI is InChI=1S/C33H25N3O2/c1-35-30-29(19-34-32(38-3)31(30)36(2)33(35)37)21-14-12-20(13-15-21)22-16-17-27-25-10-5-4-8-23(25)24-9-6-7-11-26(24)28(27)18-22/h4-19H,1-3H3. The molecule has 0 spiro atoms. The number of imidazole rings is 1. The Kier molecular flexibility index (Phi) is 4.88. The molecule has 5 heteroatoms. The van der Waals surface area contributed by atoms with Gasteiger partial charge in [0.15, 0.2) is 0 Å². The van der Waals surface area contributed by atoms with Gasteiger partial charge in [-0.05, 0) is 55.1 Å². The number of nitrogens with zero attached hydrogens (tertiary/aromatic N) is 3. The fourth-order valence-corrected chi connectivity index (χ4v) is 5.82. The van der Waals surface area contributed by atoms with Crippen molar-refractivity contribution >= 4 is 43.4 Å². The third-order valence-corrected chi connectivity index (χ3v) is 7.70. The van der Waals surface area contributed by atoms with Crippen LogP contribution in [0.15, 0.2) is 102 Å². The quantitative estimate of drug-likeness (QED) is 0.246. The SMILES string of the molecule is COc1ncc(-c2ccc(-c3ccc4c5ccccc5c5ccccc5c4c3)cc2)c2c1n(C)c(=O)n2C. The number of fused-ring (bicyclic) bond motifs is 7. The summed E-state index contributed by atoms with van der Waals surface area (Å²) in [6, 6.07) is 32.5. The molecule has 0 bridgehead atoms. The fraction of sp³-hybridized carbons (Fsp3) is 0.0909. The Morgan fingerprint density at radius 2 is 1.11 bits per heavy atom. The Morgan fingerprint density at radius 3 is 1.71 bits per heavy atom. The zero-order chi connectivity index (χ0) is 26.0. The van der Waals surface area contributed by atoms with Gasteiger partial charge in [0.1, 0.15) is 5.52 Å². The molecular weight excluding hydrogens is 470 g/mol. The van der Waals surface area contributed by atoms with Crippen molar-refractivity contribution in [1.29, 1.82) is 0 Å². The number of methoxy groups -OCH3 is 1. The first-order valence-electron chi connectivity index (χ1n) is 12.6. The summed E-state index contributed by atoms with van der Waals surface area (Å²) < 4.78 is 8.69. The van der Waals surface area contributed by atoms with Gasteiger partial charge in [-0.25, -0.2) is 9.78 Å². The third kappa shape index (κ3) is 3.12. The summed E-state index contributed by atoms with van der Waals surface area (Å²) in [4.78, 5) is 17.2. The molecule has 5 nitrogen and oxygen atoms in total. The molecule has 0 saturated carbocycles. The minimum absolute atomic E-state index is 0.111. The van der Waals surface area contributed by atoms with Crippen LogP contribution in [0.25, 0.3) is 65.6 Å². The van der Waals surface area contributed by atoms with Crippen molar-refractivity contribution in [3.05, 3.63) is 108 Å². The van der Waals surface area contributed by atoms with Crippen molar-refractivity contribution in [2.75, 3.05) is 7.11 Å². The molecule has 0 saturated heterocycles. The number of hydrogen-bond acceptors (Lipinski definition) is 3. The van der Waals surface area contributed by atoms with Crippen LogP contribution in [0.5, 0.6) is 5.88 Å². The van der Waals surface area contributed by atoms with Crippen molar-refractivity contribution in [3.8, 4) is 28.1 Å². The second-order valence-electron chi connectivity index (χ2n) is 9.71. The highest BCUT2D eigenvalue weighted by atomic mass is 16.5. The lowest BCUT2D eigenvalue weighted by molar-refractivity contribution is 0.401. The Labute approximate surface area is 219 Å². The minimum atomic E-state index is -0.111. The number of aromatic nitrogens is 3. The Morgan fingerprint density at radius 1 is 0.605 bits per heavy atom. The number of benzene rings is 5. The van der Waals surface area contributed by atoms with E-state index in [1.165, 1.54) is 32.3 Å². The number of aryl methyl sites for hydroxylation is 2. The van der Waals surface area contributed by atoms with E-state index in [9.17, 15) is 4.79 Å². The summed E-state index contributed by atoms with van der Waals surface area (Å²) in [5.74, 6) is 0.441. The van der Waals surface area contributed by atoms with Gasteiger partial charge in [-0.3, -0.25) is 9.13 Å². The molecule has 0 unspecified atom stereocenters. The van der Waals surface area contributed by atoms with Crippen LogP contribution in [-0.2, 0) is 14.1 Å². The van der Waals surface area contributed by atoms with Crippen LogP contribution in [0.4, 0.5) is 0 Å². The van der Waals surface area contributed by atoms with Crippen molar-refractivity contribution in [2.45, 2.75) is 0 Å². The Hall–Kier alpha value is -4.90. The van der Waals surface area contributed by atoms with E-state index in [4.69, 9.17) is 4.74 Å². The van der Waals surface area contributed by atoms with E-state index < -0.39 is 0 Å². The van der Waals surface area contributed by atoms with Gasteiger partial charge >= 0.3 is 5.69 Å². The summed E-state index contributed by atoms with van der Waals surface area (Å²) >= 11 is 0. The lowest BCUT2D eigenvalue weighted by Gasteiger charge is -2.12. The number of hydrogen-bond donors (Lipinski definition) is 0. The maximum Gasteiger partial charge on any atom is 0.328 e. The highest BCUT2D eigenvalue weighted by Crippen LogP contribution is 2.38. The van der Waals surface area contributed by atoms with Crippen LogP contribution in [-0.4, -0.2) is 21.2 Å². The minimum Gasteiger partial charge on any atom is -0.479 e. The molecule has 0 radical (unpaired) electrons. The van der Waals surface area contributed by atoms with Crippen LogP contribution < -0.4 is 10.4 Å². The van der Waals surface area contributed by atoms with Crippen LogP contribution >= 0.6 is 0 Å². The van der Waals surface area contributed by atoms with Crippen LogP contribution in [0.2, 0.25) is 0 Å². The van der Waals surface area contributed by atoms with E-state index in [-0.39, 0.29) is 5.69 Å². The summed E-state index contributed by atoms with van der Waals surface area (Å²) in [5, 5.41) is 7.59. The largest absolute Gasteiger partial charge is 0.479 e. The first-order valence-corrected chi connectivity index (χ1v) is 12.6. The molecule has 0 amide bonds. The molecule has 0 atom stereocenters. The van der Waals surface area contributed by atoms with Crippen molar-refractivity contribution in [3.63, 3.8) is 0 Å². The molecule has 7 rings (SSSR count). The molecule has 7 aromatic rings. The molecule has 38 heavy (non-hydrogen) atoms. The van der Waals surface area contributed by atoms with Crippen LogP contribution in [0, 0.1) is 0 Å². The van der Waals surface area contributed by atoms with E-state index in [0.29, 0.717) is 11.4 Å². The normalized spacial score (nSPS) is 11.7. The molecule has 0 aliphatic carbocycles. The van der Waals surface area contributed by atoms with Gasteiger partial charge in [-0.15, -0.1) is 0 Å².